The van der Waals surface area contributed by atoms with E-state index in [-0.39, 0.29) is 0 Å². The van der Waals surface area contributed by atoms with Crippen molar-refractivity contribution in [3.05, 3.63) is 22.8 Å². The molecule has 5 heteroatoms. The van der Waals surface area contributed by atoms with Gasteiger partial charge in [-0.05, 0) is 5.56 Å². The molecule has 0 fully saturated rings. The van der Waals surface area contributed by atoms with E-state index in [1.807, 2.05) is 6.20 Å². The van der Waals surface area contributed by atoms with Gasteiger partial charge >= 0.3 is 0 Å². The molecular formula is C11H13ClN2O2. The lowest BCUT2D eigenvalue weighted by Gasteiger charge is -2.09. The summed E-state index contributed by atoms with van der Waals surface area (Å²) in [6.45, 7) is 0.413. The van der Waals surface area contributed by atoms with E-state index in [4.69, 9.17) is 26.8 Å². The van der Waals surface area contributed by atoms with Crippen LogP contribution < -0.4 is 15.2 Å². The topological polar surface area (TPSA) is 60.3 Å². The van der Waals surface area contributed by atoms with Gasteiger partial charge in [0.1, 0.15) is 11.5 Å². The maximum absolute atomic E-state index is 6.24. The Hall–Kier alpha value is -1.39. The average molecular weight is 241 g/mol. The molecule has 2 aromatic rings. The van der Waals surface area contributed by atoms with E-state index < -0.39 is 0 Å². The number of aromatic amines is 1. The Bertz CT molecular complexity index is 522. The lowest BCUT2D eigenvalue weighted by molar-refractivity contribution is 0.397. The van der Waals surface area contributed by atoms with E-state index in [0.29, 0.717) is 23.1 Å². The summed E-state index contributed by atoms with van der Waals surface area (Å²) >= 11 is 6.24. The van der Waals surface area contributed by atoms with Crippen molar-refractivity contribution in [3.8, 4) is 11.5 Å². The number of hydrogen-bond acceptors (Lipinski definition) is 3. The molecule has 0 radical (unpaired) electrons. The van der Waals surface area contributed by atoms with Crippen LogP contribution in [0.4, 0.5) is 0 Å². The highest BCUT2D eigenvalue weighted by Gasteiger charge is 2.15. The van der Waals surface area contributed by atoms with Crippen molar-refractivity contribution in [1.29, 1.82) is 0 Å². The van der Waals surface area contributed by atoms with Crippen LogP contribution in [0.2, 0.25) is 5.02 Å². The Kier molecular flexibility index (Phi) is 2.94. The second kappa shape index (κ2) is 4.23. The number of hydrogen-bond donors (Lipinski definition) is 2. The van der Waals surface area contributed by atoms with Gasteiger partial charge in [0, 0.05) is 24.2 Å². The summed E-state index contributed by atoms with van der Waals surface area (Å²) in [7, 11) is 3.17. The molecule has 1 heterocycles. The molecule has 4 nitrogen and oxygen atoms in total. The maximum Gasteiger partial charge on any atom is 0.146 e. The molecule has 16 heavy (non-hydrogen) atoms. The molecule has 86 valence electrons. The zero-order valence-electron chi connectivity index (χ0n) is 9.13. The van der Waals surface area contributed by atoms with Gasteiger partial charge in [-0.25, -0.2) is 0 Å². The highest BCUT2D eigenvalue weighted by molar-refractivity contribution is 6.37. The smallest absolute Gasteiger partial charge is 0.146 e. The number of nitrogens with two attached hydrogens (primary N) is 1. The number of ether oxygens (including phenoxy) is 2. The summed E-state index contributed by atoms with van der Waals surface area (Å²) in [6, 6.07) is 1.75. The minimum Gasteiger partial charge on any atom is -0.495 e. The van der Waals surface area contributed by atoms with Crippen molar-refractivity contribution in [1.82, 2.24) is 4.98 Å². The number of aromatic nitrogens is 1. The van der Waals surface area contributed by atoms with Crippen molar-refractivity contribution in [2.45, 2.75) is 6.54 Å². The Balaban J connectivity index is 2.83. The third kappa shape index (κ3) is 1.50. The summed E-state index contributed by atoms with van der Waals surface area (Å²) in [5.41, 5.74) is 7.44. The van der Waals surface area contributed by atoms with Crippen LogP contribution in [0.25, 0.3) is 10.9 Å². The number of methoxy groups -OCH3 is 2. The first kappa shape index (κ1) is 11.1. The second-order valence-corrected chi connectivity index (χ2v) is 3.74. The molecule has 0 atom stereocenters. The highest BCUT2D eigenvalue weighted by Crippen LogP contribution is 2.40. The first-order chi connectivity index (χ1) is 7.72. The van der Waals surface area contributed by atoms with Crippen LogP contribution in [0, 0.1) is 0 Å². The number of rotatable bonds is 3. The van der Waals surface area contributed by atoms with Gasteiger partial charge in [0.05, 0.1) is 24.8 Å². The highest BCUT2D eigenvalue weighted by atomic mass is 35.5. The first-order valence-electron chi connectivity index (χ1n) is 4.83. The fourth-order valence-electron chi connectivity index (χ4n) is 1.76. The lowest BCUT2D eigenvalue weighted by Crippen LogP contribution is -1.95. The van der Waals surface area contributed by atoms with Gasteiger partial charge in [0.2, 0.25) is 0 Å². The molecule has 0 aliphatic heterocycles. The maximum atomic E-state index is 6.24. The van der Waals surface area contributed by atoms with Crippen LogP contribution in [0.15, 0.2) is 12.3 Å². The zero-order chi connectivity index (χ0) is 11.7. The summed E-state index contributed by atoms with van der Waals surface area (Å²) in [6.07, 6.45) is 1.83. The van der Waals surface area contributed by atoms with E-state index >= 15 is 0 Å². The van der Waals surface area contributed by atoms with E-state index in [1.165, 1.54) is 0 Å². The summed E-state index contributed by atoms with van der Waals surface area (Å²) in [5, 5.41) is 1.42. The molecule has 2 rings (SSSR count). The lowest BCUT2D eigenvalue weighted by atomic mass is 10.1. The van der Waals surface area contributed by atoms with Gasteiger partial charge in [0.25, 0.3) is 0 Å². The molecule has 0 aliphatic carbocycles. The van der Waals surface area contributed by atoms with E-state index in [9.17, 15) is 0 Å². The SMILES string of the molecule is COc1cc(OC)c2[nH]cc(CN)c2c1Cl. The second-order valence-electron chi connectivity index (χ2n) is 3.36. The van der Waals surface area contributed by atoms with Crippen molar-refractivity contribution < 1.29 is 9.47 Å². The van der Waals surface area contributed by atoms with Crippen LogP contribution in [0.5, 0.6) is 11.5 Å². The molecule has 0 bridgehead atoms. The fourth-order valence-corrected chi connectivity index (χ4v) is 2.11. The summed E-state index contributed by atoms with van der Waals surface area (Å²) < 4.78 is 10.5. The Morgan fingerprint density at radius 2 is 2.00 bits per heavy atom. The van der Waals surface area contributed by atoms with Crippen molar-refractivity contribution in [3.63, 3.8) is 0 Å². The Morgan fingerprint density at radius 3 is 2.56 bits per heavy atom. The third-order valence-electron chi connectivity index (χ3n) is 2.57. The minimum absolute atomic E-state index is 0.413. The van der Waals surface area contributed by atoms with E-state index in [2.05, 4.69) is 4.98 Å². The largest absolute Gasteiger partial charge is 0.495 e. The van der Waals surface area contributed by atoms with Crippen molar-refractivity contribution >= 4 is 22.5 Å². The minimum atomic E-state index is 0.413. The number of benzene rings is 1. The molecule has 0 unspecified atom stereocenters. The predicted molar refractivity (Wildman–Crippen MR) is 64.3 cm³/mol. The first-order valence-corrected chi connectivity index (χ1v) is 5.21. The van der Waals surface area contributed by atoms with Gasteiger partial charge < -0.3 is 20.2 Å². The number of nitrogens with one attached hydrogen (secondary N) is 1. The zero-order valence-corrected chi connectivity index (χ0v) is 9.89. The molecule has 0 amide bonds. The average Bonchev–Trinajstić information content (AvgIpc) is 2.74. The molecule has 3 N–H and O–H groups in total. The van der Waals surface area contributed by atoms with Crippen LogP contribution in [0.3, 0.4) is 0 Å². The van der Waals surface area contributed by atoms with Gasteiger partial charge in [-0.3, -0.25) is 0 Å². The summed E-state index contributed by atoms with van der Waals surface area (Å²) in [5.74, 6) is 1.27. The van der Waals surface area contributed by atoms with Gasteiger partial charge in [-0.2, -0.15) is 0 Å². The van der Waals surface area contributed by atoms with E-state index in [0.717, 1.165) is 16.5 Å². The Morgan fingerprint density at radius 1 is 1.31 bits per heavy atom. The number of H-pyrrole nitrogens is 1. The van der Waals surface area contributed by atoms with Gasteiger partial charge in [-0.15, -0.1) is 0 Å². The number of fused-ring (bicyclic) bond motifs is 1. The fraction of sp³-hybridized carbons (Fsp3) is 0.273. The molecular weight excluding hydrogens is 228 g/mol. The monoisotopic (exact) mass is 240 g/mol. The van der Waals surface area contributed by atoms with Gasteiger partial charge in [-0.1, -0.05) is 11.6 Å². The molecule has 0 aliphatic rings. The quantitative estimate of drug-likeness (QED) is 0.866. The van der Waals surface area contributed by atoms with Crippen LogP contribution in [-0.2, 0) is 6.54 Å². The molecule has 0 spiro atoms. The third-order valence-corrected chi connectivity index (χ3v) is 2.94. The van der Waals surface area contributed by atoms with Crippen molar-refractivity contribution in [2.75, 3.05) is 14.2 Å². The van der Waals surface area contributed by atoms with Gasteiger partial charge in [0.15, 0.2) is 0 Å². The Labute approximate surface area is 98.3 Å². The normalized spacial score (nSPS) is 10.8. The summed E-state index contributed by atoms with van der Waals surface area (Å²) in [4.78, 5) is 3.11. The van der Waals surface area contributed by atoms with E-state index in [1.54, 1.807) is 20.3 Å². The van der Waals surface area contributed by atoms with Crippen molar-refractivity contribution in [2.24, 2.45) is 5.73 Å². The molecule has 1 aromatic carbocycles. The molecule has 0 saturated carbocycles. The number of halogens is 1. The standard InChI is InChI=1S/C11H13ClN2O2/c1-15-7-3-8(16-2)11-9(10(7)12)6(4-13)5-14-11/h3,5,14H,4,13H2,1-2H3. The predicted octanol–water partition coefficient (Wildman–Crippen LogP) is 2.30. The van der Waals surface area contributed by atoms with Crippen LogP contribution >= 0.6 is 11.6 Å². The van der Waals surface area contributed by atoms with Crippen LogP contribution in [-0.4, -0.2) is 19.2 Å². The molecule has 1 aromatic heterocycles. The van der Waals surface area contributed by atoms with Crippen LogP contribution in [0.1, 0.15) is 5.56 Å². The molecule has 0 saturated heterocycles.